The van der Waals surface area contributed by atoms with Crippen molar-refractivity contribution in [3.05, 3.63) is 0 Å². The van der Waals surface area contributed by atoms with Crippen LogP contribution in [0, 0.1) is 0 Å². The average molecular weight is 265 g/mol. The summed E-state index contributed by atoms with van der Waals surface area (Å²) >= 11 is 0. The molecule has 1 amide bonds. The zero-order valence-electron chi connectivity index (χ0n) is 11.6. The second-order valence-corrected chi connectivity index (χ2v) is 4.30. The number of carbonyl (C=O) groups is 1. The molecule has 0 unspecified atom stereocenters. The van der Waals surface area contributed by atoms with Crippen LogP contribution in [0.4, 0.5) is 0 Å². The van der Waals surface area contributed by atoms with Gasteiger partial charge in [-0.3, -0.25) is 4.79 Å². The largest absolute Gasteiger partial charge is 0.343 e. The maximum Gasteiger partial charge on any atom is 0.222 e. The normalized spacial score (nSPS) is 9.82. The Balaban J connectivity index is 0. The minimum atomic E-state index is 0. The predicted molar refractivity (Wildman–Crippen MR) is 76.8 cm³/mol. The third-order valence-electron chi connectivity index (χ3n) is 2.73. The first-order valence-electron chi connectivity index (χ1n) is 6.68. The summed E-state index contributed by atoms with van der Waals surface area (Å²) in [5, 5.41) is 3.08. The topological polar surface area (TPSA) is 32.3 Å². The Labute approximate surface area is 113 Å². The molecule has 0 atom stereocenters. The highest BCUT2D eigenvalue weighted by Gasteiger charge is 2.11. The van der Waals surface area contributed by atoms with Crippen molar-refractivity contribution in [1.82, 2.24) is 10.2 Å². The molecule has 0 heterocycles. The van der Waals surface area contributed by atoms with E-state index >= 15 is 0 Å². The van der Waals surface area contributed by atoms with Crippen LogP contribution < -0.4 is 5.32 Å². The molecular weight excluding hydrogens is 236 g/mol. The van der Waals surface area contributed by atoms with Gasteiger partial charge in [-0.25, -0.2) is 0 Å². The molecule has 0 rings (SSSR count). The first-order valence-corrected chi connectivity index (χ1v) is 6.68. The number of halogens is 1. The molecule has 0 radical (unpaired) electrons. The van der Waals surface area contributed by atoms with E-state index in [4.69, 9.17) is 0 Å². The van der Waals surface area contributed by atoms with Gasteiger partial charge in [-0.05, 0) is 32.9 Å². The van der Waals surface area contributed by atoms with Crippen LogP contribution >= 0.6 is 12.4 Å². The molecule has 17 heavy (non-hydrogen) atoms. The second kappa shape index (κ2) is 13.8. The van der Waals surface area contributed by atoms with Gasteiger partial charge < -0.3 is 10.2 Å². The van der Waals surface area contributed by atoms with Crippen molar-refractivity contribution < 1.29 is 4.79 Å². The number of nitrogens with zero attached hydrogens (tertiary/aromatic N) is 1. The Hall–Kier alpha value is -0.280. The lowest BCUT2D eigenvalue weighted by atomic mass is 10.2. The molecule has 0 spiro atoms. The maximum absolute atomic E-state index is 11.9. The maximum atomic E-state index is 11.9. The molecule has 4 heteroatoms. The molecule has 104 valence electrons. The number of rotatable bonds is 10. The molecule has 0 aliphatic heterocycles. The lowest BCUT2D eigenvalue weighted by molar-refractivity contribution is -0.131. The van der Waals surface area contributed by atoms with Crippen molar-refractivity contribution in [3.8, 4) is 0 Å². The fourth-order valence-corrected chi connectivity index (χ4v) is 1.63. The molecule has 0 aromatic carbocycles. The van der Waals surface area contributed by atoms with Crippen LogP contribution in [0.3, 0.4) is 0 Å². The lowest BCUT2D eigenvalue weighted by Gasteiger charge is -2.22. The van der Waals surface area contributed by atoms with E-state index in [1.54, 1.807) is 0 Å². The number of hydrogen-bond acceptors (Lipinski definition) is 2. The van der Waals surface area contributed by atoms with E-state index in [9.17, 15) is 4.79 Å². The van der Waals surface area contributed by atoms with E-state index in [0.717, 1.165) is 51.7 Å². The molecule has 0 saturated carbocycles. The van der Waals surface area contributed by atoms with Crippen LogP contribution in [0.5, 0.6) is 0 Å². The number of nitrogens with one attached hydrogen (secondary N) is 1. The Morgan fingerprint density at radius 2 is 1.59 bits per heavy atom. The van der Waals surface area contributed by atoms with Crippen LogP contribution in [0.25, 0.3) is 0 Å². The Morgan fingerprint density at radius 1 is 1.06 bits per heavy atom. The van der Waals surface area contributed by atoms with Crippen molar-refractivity contribution in [3.63, 3.8) is 0 Å². The van der Waals surface area contributed by atoms with E-state index in [-0.39, 0.29) is 12.4 Å². The van der Waals surface area contributed by atoms with E-state index in [1.807, 2.05) is 11.9 Å². The minimum Gasteiger partial charge on any atom is -0.343 e. The van der Waals surface area contributed by atoms with Gasteiger partial charge in [-0.2, -0.15) is 0 Å². The Kier molecular flexibility index (Phi) is 15.5. The number of hydrogen-bond donors (Lipinski definition) is 1. The Bertz CT molecular complexity index is 169. The van der Waals surface area contributed by atoms with Gasteiger partial charge in [0.1, 0.15) is 0 Å². The molecule has 0 saturated heterocycles. The van der Waals surface area contributed by atoms with Crippen molar-refractivity contribution in [2.24, 2.45) is 0 Å². The van der Waals surface area contributed by atoms with Crippen molar-refractivity contribution in [2.75, 3.05) is 26.7 Å². The molecule has 0 aliphatic rings. The number of unbranched alkanes of at least 4 members (excludes halogenated alkanes) is 2. The van der Waals surface area contributed by atoms with E-state index in [0.29, 0.717) is 12.3 Å². The summed E-state index contributed by atoms with van der Waals surface area (Å²) in [5.74, 6) is 0.331. The van der Waals surface area contributed by atoms with Crippen LogP contribution in [-0.4, -0.2) is 37.5 Å². The van der Waals surface area contributed by atoms with Crippen molar-refractivity contribution in [1.29, 1.82) is 0 Å². The summed E-state index contributed by atoms with van der Waals surface area (Å²) in [6.45, 7) is 7.15. The van der Waals surface area contributed by atoms with Gasteiger partial charge in [0.05, 0.1) is 0 Å². The first-order chi connectivity index (χ1) is 7.76. The summed E-state index contributed by atoms with van der Waals surface area (Å²) in [6.07, 6.45) is 6.21. The minimum absolute atomic E-state index is 0. The third kappa shape index (κ3) is 10.6. The second-order valence-electron chi connectivity index (χ2n) is 4.30. The number of amides is 1. The number of carbonyl (C=O) groups excluding carboxylic acids is 1. The lowest BCUT2D eigenvalue weighted by Crippen LogP contribution is -2.33. The SMILES string of the molecule is CCCCN(CCCC)C(=O)CCCNC.Cl. The predicted octanol–water partition coefficient (Wildman–Crippen LogP) is 2.84. The quantitative estimate of drug-likeness (QED) is 0.616. The summed E-state index contributed by atoms with van der Waals surface area (Å²) in [6, 6.07) is 0. The molecule has 0 fully saturated rings. The van der Waals surface area contributed by atoms with Gasteiger partial charge in [0.25, 0.3) is 0 Å². The molecule has 0 aromatic rings. The van der Waals surface area contributed by atoms with Gasteiger partial charge in [-0.15, -0.1) is 12.4 Å². The van der Waals surface area contributed by atoms with Crippen molar-refractivity contribution >= 4 is 18.3 Å². The third-order valence-corrected chi connectivity index (χ3v) is 2.73. The highest BCUT2D eigenvalue weighted by molar-refractivity contribution is 5.85. The molecule has 0 aromatic heterocycles. The van der Waals surface area contributed by atoms with Gasteiger partial charge in [0, 0.05) is 19.5 Å². The fraction of sp³-hybridized carbons (Fsp3) is 0.923. The van der Waals surface area contributed by atoms with Crippen molar-refractivity contribution in [2.45, 2.75) is 52.4 Å². The molecule has 0 aliphatic carbocycles. The van der Waals surface area contributed by atoms with E-state index in [1.165, 1.54) is 0 Å². The Morgan fingerprint density at radius 3 is 2.00 bits per heavy atom. The molecule has 0 bridgehead atoms. The zero-order chi connectivity index (χ0) is 12.2. The summed E-state index contributed by atoms with van der Waals surface area (Å²) < 4.78 is 0. The smallest absolute Gasteiger partial charge is 0.222 e. The van der Waals surface area contributed by atoms with E-state index < -0.39 is 0 Å². The highest BCUT2D eigenvalue weighted by Crippen LogP contribution is 2.03. The van der Waals surface area contributed by atoms with Crippen LogP contribution in [0.15, 0.2) is 0 Å². The zero-order valence-corrected chi connectivity index (χ0v) is 12.4. The van der Waals surface area contributed by atoms with Crippen LogP contribution in [-0.2, 0) is 4.79 Å². The first kappa shape index (κ1) is 19.1. The summed E-state index contributed by atoms with van der Waals surface area (Å²) in [7, 11) is 1.93. The summed E-state index contributed by atoms with van der Waals surface area (Å²) in [5.41, 5.74) is 0. The van der Waals surface area contributed by atoms with Crippen LogP contribution in [0.2, 0.25) is 0 Å². The average Bonchev–Trinajstić information content (AvgIpc) is 2.29. The molecule has 1 N–H and O–H groups in total. The van der Waals surface area contributed by atoms with E-state index in [2.05, 4.69) is 19.2 Å². The highest BCUT2D eigenvalue weighted by atomic mass is 35.5. The molecule has 3 nitrogen and oxygen atoms in total. The van der Waals surface area contributed by atoms with Gasteiger partial charge in [-0.1, -0.05) is 26.7 Å². The standard InChI is InChI=1S/C13H28N2O.ClH/c1-4-6-11-15(12-7-5-2)13(16)9-8-10-14-3;/h14H,4-12H2,1-3H3;1H. The summed E-state index contributed by atoms with van der Waals surface area (Å²) in [4.78, 5) is 14.0. The fourth-order valence-electron chi connectivity index (χ4n) is 1.63. The van der Waals surface area contributed by atoms with Gasteiger partial charge in [0.2, 0.25) is 5.91 Å². The van der Waals surface area contributed by atoms with Crippen LogP contribution in [0.1, 0.15) is 52.4 Å². The monoisotopic (exact) mass is 264 g/mol. The molecular formula is C13H29ClN2O. The van der Waals surface area contributed by atoms with Gasteiger partial charge in [0.15, 0.2) is 0 Å². The van der Waals surface area contributed by atoms with Gasteiger partial charge >= 0.3 is 0 Å².